The highest BCUT2D eigenvalue weighted by Crippen LogP contribution is 2.25. The molecule has 0 amide bonds. The Morgan fingerprint density at radius 3 is 1.52 bits per heavy atom. The standard InChI is InChI=1S/C17H16N6/c1-2-7-16(8-3-1)15-17(21-12-4-9-18-21,22-13-5-10-19-22)23-14-6-11-20-23/h1-14H,15H2. The Balaban J connectivity index is 1.95. The highest BCUT2D eigenvalue weighted by Gasteiger charge is 2.38. The smallest absolute Gasteiger partial charge is 0.225 e. The minimum absolute atomic E-state index is 0.666. The molecule has 114 valence electrons. The predicted molar refractivity (Wildman–Crippen MR) is 85.6 cm³/mol. The van der Waals surface area contributed by atoms with E-state index in [9.17, 15) is 0 Å². The molecule has 0 aliphatic rings. The van der Waals surface area contributed by atoms with Gasteiger partial charge in [0.25, 0.3) is 5.79 Å². The SMILES string of the molecule is c1ccc(CC(n2cccn2)(n2cccn2)n2cccn2)cc1. The molecule has 6 nitrogen and oxygen atoms in total. The van der Waals surface area contributed by atoms with Crippen LogP contribution in [0, 0.1) is 0 Å². The van der Waals surface area contributed by atoms with Gasteiger partial charge in [-0.1, -0.05) is 30.3 Å². The van der Waals surface area contributed by atoms with Crippen molar-refractivity contribution in [2.45, 2.75) is 12.2 Å². The van der Waals surface area contributed by atoms with Crippen molar-refractivity contribution in [3.05, 3.63) is 91.3 Å². The number of aromatic nitrogens is 6. The van der Waals surface area contributed by atoms with Crippen LogP contribution in [0.3, 0.4) is 0 Å². The highest BCUT2D eigenvalue weighted by molar-refractivity contribution is 5.18. The second-order valence-corrected chi connectivity index (χ2v) is 5.29. The Kier molecular flexibility index (Phi) is 3.27. The summed E-state index contributed by atoms with van der Waals surface area (Å²) in [6.45, 7) is 0. The zero-order valence-electron chi connectivity index (χ0n) is 12.5. The van der Waals surface area contributed by atoms with Gasteiger partial charge in [-0.2, -0.15) is 15.3 Å². The fourth-order valence-corrected chi connectivity index (χ4v) is 2.87. The van der Waals surface area contributed by atoms with Crippen LogP contribution in [0.15, 0.2) is 85.7 Å². The fourth-order valence-electron chi connectivity index (χ4n) is 2.87. The van der Waals surface area contributed by atoms with Gasteiger partial charge in [0.1, 0.15) is 0 Å². The lowest BCUT2D eigenvalue weighted by molar-refractivity contribution is 0.116. The molecule has 3 heterocycles. The monoisotopic (exact) mass is 304 g/mol. The summed E-state index contributed by atoms with van der Waals surface area (Å²) in [5.41, 5.74) is 1.18. The topological polar surface area (TPSA) is 53.5 Å². The Labute approximate surface area is 133 Å². The molecule has 6 heteroatoms. The maximum absolute atomic E-state index is 4.49. The van der Waals surface area contributed by atoms with Gasteiger partial charge in [-0.15, -0.1) is 0 Å². The minimum Gasteiger partial charge on any atom is -0.225 e. The molecule has 0 fully saturated rings. The van der Waals surface area contributed by atoms with Gasteiger partial charge in [-0.05, 0) is 23.8 Å². The predicted octanol–water partition coefficient (Wildman–Crippen LogP) is 2.23. The van der Waals surface area contributed by atoms with E-state index in [4.69, 9.17) is 0 Å². The number of nitrogens with zero attached hydrogens (tertiary/aromatic N) is 6. The van der Waals surface area contributed by atoms with Gasteiger partial charge in [0, 0.05) is 43.6 Å². The second kappa shape index (κ2) is 5.57. The third-order valence-electron chi connectivity index (χ3n) is 3.90. The van der Waals surface area contributed by atoms with Crippen LogP contribution in [-0.2, 0) is 12.2 Å². The van der Waals surface area contributed by atoms with Crippen molar-refractivity contribution < 1.29 is 0 Å². The quantitative estimate of drug-likeness (QED) is 0.568. The fraction of sp³-hybridized carbons (Fsp3) is 0.118. The third kappa shape index (κ3) is 2.24. The van der Waals surface area contributed by atoms with E-state index in [1.165, 1.54) is 5.56 Å². The minimum atomic E-state index is -0.710. The molecule has 0 aliphatic carbocycles. The van der Waals surface area contributed by atoms with Gasteiger partial charge in [0.2, 0.25) is 0 Å². The van der Waals surface area contributed by atoms with E-state index in [1.54, 1.807) is 18.6 Å². The molecule has 0 radical (unpaired) electrons. The van der Waals surface area contributed by atoms with E-state index < -0.39 is 5.79 Å². The van der Waals surface area contributed by atoms with E-state index in [0.717, 1.165) is 0 Å². The molecule has 23 heavy (non-hydrogen) atoms. The highest BCUT2D eigenvalue weighted by atomic mass is 15.6. The van der Waals surface area contributed by atoms with Crippen molar-refractivity contribution in [3.63, 3.8) is 0 Å². The summed E-state index contributed by atoms with van der Waals surface area (Å²) in [6.07, 6.45) is 11.8. The molecule has 4 aromatic rings. The molecule has 3 aromatic heterocycles. The van der Waals surface area contributed by atoms with Crippen LogP contribution in [0.4, 0.5) is 0 Å². The molecule has 4 rings (SSSR count). The Bertz CT molecular complexity index is 748. The first-order chi connectivity index (χ1) is 11.4. The third-order valence-corrected chi connectivity index (χ3v) is 3.90. The van der Waals surface area contributed by atoms with Gasteiger partial charge >= 0.3 is 0 Å². The number of benzene rings is 1. The van der Waals surface area contributed by atoms with E-state index in [0.29, 0.717) is 6.42 Å². The van der Waals surface area contributed by atoms with Gasteiger partial charge in [0.05, 0.1) is 0 Å². The number of hydrogen-bond acceptors (Lipinski definition) is 3. The van der Waals surface area contributed by atoms with Gasteiger partial charge in [0.15, 0.2) is 0 Å². The van der Waals surface area contributed by atoms with Crippen LogP contribution in [-0.4, -0.2) is 29.3 Å². The number of hydrogen-bond donors (Lipinski definition) is 0. The molecule has 0 bridgehead atoms. The molecule has 0 spiro atoms. The van der Waals surface area contributed by atoms with Crippen LogP contribution in [0.1, 0.15) is 5.56 Å². The Morgan fingerprint density at radius 2 is 1.13 bits per heavy atom. The van der Waals surface area contributed by atoms with Crippen LogP contribution < -0.4 is 0 Å². The maximum atomic E-state index is 4.49. The molecule has 0 atom stereocenters. The van der Waals surface area contributed by atoms with Crippen molar-refractivity contribution in [1.29, 1.82) is 0 Å². The maximum Gasteiger partial charge on any atom is 0.252 e. The van der Waals surface area contributed by atoms with Crippen molar-refractivity contribution in [2.24, 2.45) is 0 Å². The first kappa shape index (κ1) is 13.5. The van der Waals surface area contributed by atoms with Crippen molar-refractivity contribution in [1.82, 2.24) is 29.3 Å². The summed E-state index contributed by atoms with van der Waals surface area (Å²) in [5, 5.41) is 13.5. The van der Waals surface area contributed by atoms with Crippen molar-refractivity contribution in [3.8, 4) is 0 Å². The van der Waals surface area contributed by atoms with Gasteiger partial charge < -0.3 is 0 Å². The average molecular weight is 304 g/mol. The lowest BCUT2D eigenvalue weighted by atomic mass is 10.1. The van der Waals surface area contributed by atoms with E-state index in [2.05, 4.69) is 27.4 Å². The normalized spacial score (nSPS) is 11.7. The molecule has 0 saturated carbocycles. The summed E-state index contributed by atoms with van der Waals surface area (Å²) in [7, 11) is 0. The van der Waals surface area contributed by atoms with Crippen LogP contribution in [0.5, 0.6) is 0 Å². The van der Waals surface area contributed by atoms with Crippen LogP contribution in [0.2, 0.25) is 0 Å². The molecule has 1 aromatic carbocycles. The molecular weight excluding hydrogens is 288 g/mol. The number of rotatable bonds is 5. The zero-order valence-corrected chi connectivity index (χ0v) is 12.5. The summed E-state index contributed by atoms with van der Waals surface area (Å²) >= 11 is 0. The summed E-state index contributed by atoms with van der Waals surface area (Å²) in [5.74, 6) is -0.710. The molecule has 0 unspecified atom stereocenters. The van der Waals surface area contributed by atoms with Gasteiger partial charge in [-0.25, -0.2) is 14.0 Å². The molecule has 0 saturated heterocycles. The first-order valence-corrected chi connectivity index (χ1v) is 7.44. The van der Waals surface area contributed by atoms with E-state index in [-0.39, 0.29) is 0 Å². The molecular formula is C17H16N6. The van der Waals surface area contributed by atoms with Crippen molar-refractivity contribution in [2.75, 3.05) is 0 Å². The van der Waals surface area contributed by atoms with Crippen LogP contribution >= 0.6 is 0 Å². The van der Waals surface area contributed by atoms with E-state index >= 15 is 0 Å². The second-order valence-electron chi connectivity index (χ2n) is 5.29. The summed E-state index contributed by atoms with van der Waals surface area (Å²) in [4.78, 5) is 0. The molecule has 0 aliphatic heterocycles. The zero-order chi connectivity index (χ0) is 15.5. The Hall–Kier alpha value is -3.15. The van der Waals surface area contributed by atoms with E-state index in [1.807, 2.05) is 69.0 Å². The lowest BCUT2D eigenvalue weighted by Gasteiger charge is -2.35. The average Bonchev–Trinajstić information content (AvgIpc) is 3.38. The van der Waals surface area contributed by atoms with Gasteiger partial charge in [-0.3, -0.25) is 0 Å². The molecule has 0 N–H and O–H groups in total. The summed E-state index contributed by atoms with van der Waals surface area (Å²) in [6, 6.07) is 16.0. The first-order valence-electron chi connectivity index (χ1n) is 7.44. The summed E-state index contributed by atoms with van der Waals surface area (Å²) < 4.78 is 5.67. The lowest BCUT2D eigenvalue weighted by Crippen LogP contribution is -2.50. The largest absolute Gasteiger partial charge is 0.252 e. The Morgan fingerprint density at radius 1 is 0.652 bits per heavy atom. The van der Waals surface area contributed by atoms with Crippen molar-refractivity contribution >= 4 is 0 Å². The van der Waals surface area contributed by atoms with Crippen LogP contribution in [0.25, 0.3) is 0 Å².